The molecule has 0 saturated carbocycles. The Balaban J connectivity index is 1.81. The molecule has 1 N–H and O–H groups in total. The van der Waals surface area contributed by atoms with E-state index in [0.29, 0.717) is 32.5 Å². The molecule has 4 nitrogen and oxygen atoms in total. The zero-order valence-corrected chi connectivity index (χ0v) is 20.2. The van der Waals surface area contributed by atoms with Gasteiger partial charge >= 0.3 is 6.18 Å². The van der Waals surface area contributed by atoms with Crippen molar-refractivity contribution in [3.05, 3.63) is 76.9 Å². The molecule has 0 fully saturated rings. The monoisotopic (exact) mass is 506 g/mol. The van der Waals surface area contributed by atoms with Gasteiger partial charge in [0.05, 0.1) is 39.1 Å². The zero-order valence-electron chi connectivity index (χ0n) is 18.7. The number of aromatic nitrogens is 2. The highest BCUT2D eigenvalue weighted by atomic mass is 35.5. The van der Waals surface area contributed by atoms with Crippen LogP contribution in [0, 0.1) is 0 Å². The average molecular weight is 507 g/mol. The number of hydrogen-bond donors (Lipinski definition) is 1. The third-order valence-electron chi connectivity index (χ3n) is 5.14. The van der Waals surface area contributed by atoms with E-state index in [0.717, 1.165) is 10.9 Å². The van der Waals surface area contributed by atoms with E-state index in [1.807, 2.05) is 18.2 Å². The van der Waals surface area contributed by atoms with Gasteiger partial charge in [-0.1, -0.05) is 23.7 Å². The molecule has 34 heavy (non-hydrogen) atoms. The van der Waals surface area contributed by atoms with Crippen molar-refractivity contribution in [3.8, 4) is 32.4 Å². The molecule has 0 spiro atoms. The maximum absolute atomic E-state index is 13.6. The van der Waals surface area contributed by atoms with E-state index in [1.54, 1.807) is 55.8 Å². The van der Waals surface area contributed by atoms with Crippen molar-refractivity contribution in [2.24, 2.45) is 0 Å². The van der Waals surface area contributed by atoms with Gasteiger partial charge in [-0.05, 0) is 74.9 Å². The summed E-state index contributed by atoms with van der Waals surface area (Å²) in [5, 5.41) is 15.6. The molecule has 0 atom stereocenters. The first-order valence-electron chi connectivity index (χ1n) is 10.5. The van der Waals surface area contributed by atoms with Crippen LogP contribution in [-0.4, -0.2) is 21.5 Å². The van der Waals surface area contributed by atoms with Crippen molar-refractivity contribution >= 4 is 22.9 Å². The molecule has 0 unspecified atom stereocenters. The van der Waals surface area contributed by atoms with Gasteiger partial charge < -0.3 is 9.84 Å². The summed E-state index contributed by atoms with van der Waals surface area (Å²) in [6, 6.07) is 16.6. The van der Waals surface area contributed by atoms with Crippen molar-refractivity contribution in [1.29, 1.82) is 0 Å². The quantitative estimate of drug-likeness (QED) is 0.293. The number of aliphatic hydroxyl groups is 1. The number of benzene rings is 2. The van der Waals surface area contributed by atoms with E-state index in [4.69, 9.17) is 16.3 Å². The van der Waals surface area contributed by atoms with E-state index in [1.165, 1.54) is 17.4 Å². The van der Waals surface area contributed by atoms with Crippen LogP contribution in [0.2, 0.25) is 5.02 Å². The zero-order chi connectivity index (χ0) is 24.7. The fraction of sp³-hybridized carbons (Fsp3) is 0.240. The van der Waals surface area contributed by atoms with Gasteiger partial charge in [0.15, 0.2) is 0 Å². The second kappa shape index (κ2) is 9.09. The van der Waals surface area contributed by atoms with Gasteiger partial charge in [0.2, 0.25) is 0 Å². The molecule has 0 aliphatic rings. The maximum Gasteiger partial charge on any atom is 0.419 e. The Labute approximate surface area is 204 Å². The molecule has 0 amide bonds. The molecule has 0 bridgehead atoms. The minimum atomic E-state index is -4.54. The minimum absolute atomic E-state index is 0.140. The largest absolute Gasteiger partial charge is 0.493 e. The molecule has 178 valence electrons. The van der Waals surface area contributed by atoms with Crippen LogP contribution in [0.1, 0.15) is 32.0 Å². The van der Waals surface area contributed by atoms with Crippen LogP contribution in [0.15, 0.2) is 60.7 Å². The van der Waals surface area contributed by atoms with Gasteiger partial charge in [-0.2, -0.15) is 18.3 Å². The molecule has 4 rings (SSSR count). The summed E-state index contributed by atoms with van der Waals surface area (Å²) in [7, 11) is 0. The van der Waals surface area contributed by atoms with E-state index in [-0.39, 0.29) is 12.4 Å². The van der Waals surface area contributed by atoms with Gasteiger partial charge in [0.1, 0.15) is 11.4 Å². The molecule has 0 aliphatic heterocycles. The van der Waals surface area contributed by atoms with Gasteiger partial charge in [-0.3, -0.25) is 0 Å². The molecule has 2 aromatic carbocycles. The molecular formula is C25H22ClF3N2O2S. The highest BCUT2D eigenvalue weighted by molar-refractivity contribution is 7.18. The fourth-order valence-electron chi connectivity index (χ4n) is 3.48. The standard InChI is InChI=1S/C25H22ClF3N2O2S/c1-4-33-20-10-9-15(13-16(20)25(27,28)29)21-11-12-22(34-21)19-14-23(24(2,3)32)30-31(19)18-8-6-5-7-17(18)26/h5-14,32H,4H2,1-3H3. The molecule has 0 aliphatic carbocycles. The molecule has 4 aromatic rings. The molecule has 2 aromatic heterocycles. The molecular weight excluding hydrogens is 485 g/mol. The van der Waals surface area contributed by atoms with E-state index in [2.05, 4.69) is 5.10 Å². The van der Waals surface area contributed by atoms with Crippen LogP contribution in [0.25, 0.3) is 26.7 Å². The number of para-hydroxylation sites is 1. The van der Waals surface area contributed by atoms with Crippen molar-refractivity contribution in [3.63, 3.8) is 0 Å². The van der Waals surface area contributed by atoms with Gasteiger partial charge in [0, 0.05) is 4.88 Å². The first kappa shape index (κ1) is 24.3. The maximum atomic E-state index is 13.6. The predicted molar refractivity (Wildman–Crippen MR) is 129 cm³/mol. The van der Waals surface area contributed by atoms with Crippen molar-refractivity contribution in [2.75, 3.05) is 6.61 Å². The Morgan fingerprint density at radius 3 is 2.38 bits per heavy atom. The number of rotatable bonds is 6. The van der Waals surface area contributed by atoms with Gasteiger partial charge in [-0.15, -0.1) is 11.3 Å². The first-order chi connectivity index (χ1) is 16.0. The second-order valence-electron chi connectivity index (χ2n) is 8.14. The SMILES string of the molecule is CCOc1ccc(-c2ccc(-c3cc(C(C)(C)O)nn3-c3ccccc3Cl)s2)cc1C(F)(F)F. The Kier molecular flexibility index (Phi) is 6.50. The van der Waals surface area contributed by atoms with Crippen LogP contribution >= 0.6 is 22.9 Å². The van der Waals surface area contributed by atoms with E-state index in [9.17, 15) is 18.3 Å². The smallest absolute Gasteiger partial charge is 0.419 e. The third-order valence-corrected chi connectivity index (χ3v) is 6.62. The van der Waals surface area contributed by atoms with Crippen LogP contribution < -0.4 is 4.74 Å². The highest BCUT2D eigenvalue weighted by Crippen LogP contribution is 2.42. The fourth-order valence-corrected chi connectivity index (χ4v) is 4.70. The van der Waals surface area contributed by atoms with E-state index >= 15 is 0 Å². The third kappa shape index (κ3) is 4.85. The van der Waals surface area contributed by atoms with Crippen LogP contribution in [0.4, 0.5) is 13.2 Å². The number of nitrogens with zero attached hydrogens (tertiary/aromatic N) is 2. The summed E-state index contributed by atoms with van der Waals surface area (Å²) in [6.07, 6.45) is -4.54. The summed E-state index contributed by atoms with van der Waals surface area (Å²) < 4.78 is 47.6. The molecule has 0 radical (unpaired) electrons. The summed E-state index contributed by atoms with van der Waals surface area (Å²) in [5.41, 5.74) is 0.162. The van der Waals surface area contributed by atoms with E-state index < -0.39 is 17.3 Å². The Morgan fingerprint density at radius 2 is 1.74 bits per heavy atom. The summed E-state index contributed by atoms with van der Waals surface area (Å²) in [5.74, 6) is -0.192. The Morgan fingerprint density at radius 1 is 1.03 bits per heavy atom. The lowest BCUT2D eigenvalue weighted by atomic mass is 10.1. The minimum Gasteiger partial charge on any atom is -0.493 e. The number of hydrogen-bond acceptors (Lipinski definition) is 4. The summed E-state index contributed by atoms with van der Waals surface area (Å²) in [6.45, 7) is 5.05. The Bertz CT molecular complexity index is 1320. The summed E-state index contributed by atoms with van der Waals surface area (Å²) in [4.78, 5) is 1.42. The van der Waals surface area contributed by atoms with Gasteiger partial charge in [-0.25, -0.2) is 4.68 Å². The van der Waals surface area contributed by atoms with Crippen molar-refractivity contribution < 1.29 is 23.0 Å². The summed E-state index contributed by atoms with van der Waals surface area (Å²) >= 11 is 7.73. The first-order valence-corrected chi connectivity index (χ1v) is 11.7. The number of thiophene rings is 1. The molecule has 2 heterocycles. The topological polar surface area (TPSA) is 47.3 Å². The average Bonchev–Trinajstić information content (AvgIpc) is 3.41. The number of halogens is 4. The highest BCUT2D eigenvalue weighted by Gasteiger charge is 2.35. The van der Waals surface area contributed by atoms with Crippen LogP contribution in [-0.2, 0) is 11.8 Å². The van der Waals surface area contributed by atoms with Crippen LogP contribution in [0.5, 0.6) is 5.75 Å². The predicted octanol–water partition coefficient (Wildman–Crippen LogP) is 7.57. The lowest BCUT2D eigenvalue weighted by molar-refractivity contribution is -0.138. The Hall–Kier alpha value is -2.81. The van der Waals surface area contributed by atoms with Crippen molar-refractivity contribution in [2.45, 2.75) is 32.5 Å². The lowest BCUT2D eigenvalue weighted by Gasteiger charge is -2.14. The van der Waals surface area contributed by atoms with Crippen molar-refractivity contribution in [1.82, 2.24) is 9.78 Å². The lowest BCUT2D eigenvalue weighted by Crippen LogP contribution is -2.16. The number of alkyl halides is 3. The number of ether oxygens (including phenoxy) is 1. The normalized spacial score (nSPS) is 12.2. The van der Waals surface area contributed by atoms with Crippen LogP contribution in [0.3, 0.4) is 0 Å². The molecule has 9 heteroatoms. The second-order valence-corrected chi connectivity index (χ2v) is 9.63. The van der Waals surface area contributed by atoms with Gasteiger partial charge in [0.25, 0.3) is 0 Å². The molecule has 0 saturated heterocycles.